The molecule has 0 radical (unpaired) electrons. The lowest BCUT2D eigenvalue weighted by Crippen LogP contribution is -2.53. The molecule has 1 saturated carbocycles. The third-order valence-corrected chi connectivity index (χ3v) is 8.94. The molecule has 2 aromatic rings. The predicted molar refractivity (Wildman–Crippen MR) is 181 cm³/mol. The van der Waals surface area contributed by atoms with Crippen molar-refractivity contribution in [3.63, 3.8) is 0 Å². The molecule has 0 bridgehead atoms. The molecule has 11 heteroatoms. The normalized spacial score (nSPS) is 19.5. The van der Waals surface area contributed by atoms with Gasteiger partial charge >= 0.3 is 12.2 Å². The van der Waals surface area contributed by atoms with Crippen molar-refractivity contribution in [1.29, 1.82) is 0 Å². The number of epoxide rings is 1. The molecule has 5 atom stereocenters. The second kappa shape index (κ2) is 18.4. The summed E-state index contributed by atoms with van der Waals surface area (Å²) >= 11 is 0. The van der Waals surface area contributed by atoms with Crippen LogP contribution in [-0.4, -0.2) is 54.5 Å². The van der Waals surface area contributed by atoms with Crippen molar-refractivity contribution in [2.24, 2.45) is 17.8 Å². The molecule has 11 nitrogen and oxygen atoms in total. The number of ether oxygens (including phenoxy) is 3. The first kappa shape index (κ1) is 36.7. The van der Waals surface area contributed by atoms with Gasteiger partial charge in [-0.2, -0.15) is 0 Å². The molecule has 1 aliphatic heterocycles. The fourth-order valence-electron chi connectivity index (χ4n) is 6.14. The average Bonchev–Trinajstić information content (AvgIpc) is 3.81. The Balaban J connectivity index is 1.30. The lowest BCUT2D eigenvalue weighted by molar-refractivity contribution is -0.125. The topological polar surface area (TPSA) is 147 Å². The Morgan fingerprint density at radius 2 is 1.19 bits per heavy atom. The molecule has 0 aromatic heterocycles. The van der Waals surface area contributed by atoms with E-state index in [1.54, 1.807) is 0 Å². The highest BCUT2D eigenvalue weighted by Gasteiger charge is 2.44. The van der Waals surface area contributed by atoms with E-state index in [0.717, 1.165) is 30.4 Å². The van der Waals surface area contributed by atoms with Gasteiger partial charge in [-0.15, -0.1) is 0 Å². The summed E-state index contributed by atoms with van der Waals surface area (Å²) in [6.07, 6.45) is 4.94. The van der Waals surface area contributed by atoms with Crippen molar-refractivity contribution in [2.45, 2.75) is 116 Å². The van der Waals surface area contributed by atoms with Gasteiger partial charge in [0.2, 0.25) is 11.8 Å². The monoisotopic (exact) mass is 664 g/mol. The van der Waals surface area contributed by atoms with Crippen LogP contribution in [0.3, 0.4) is 0 Å². The van der Waals surface area contributed by atoms with Gasteiger partial charge in [-0.3, -0.25) is 9.59 Å². The molecular formula is C37H52N4O7. The van der Waals surface area contributed by atoms with E-state index in [0.29, 0.717) is 12.3 Å². The molecule has 48 heavy (non-hydrogen) atoms. The van der Waals surface area contributed by atoms with E-state index in [-0.39, 0.29) is 49.0 Å². The summed E-state index contributed by atoms with van der Waals surface area (Å²) in [5.74, 6) is -0.520. The number of amides is 4. The molecule has 0 spiro atoms. The van der Waals surface area contributed by atoms with E-state index in [2.05, 4.69) is 21.3 Å². The molecule has 1 aliphatic carbocycles. The van der Waals surface area contributed by atoms with Gasteiger partial charge in [0.25, 0.3) is 0 Å². The highest BCUT2D eigenvalue weighted by Crippen LogP contribution is 2.31. The number of carbonyl (C=O) groups excluding carboxylic acids is 4. The molecule has 2 fully saturated rings. The van der Waals surface area contributed by atoms with Crippen LogP contribution in [-0.2, 0) is 37.0 Å². The maximum atomic E-state index is 13.6. The number of hydrogen-bond acceptors (Lipinski definition) is 7. The molecule has 4 N–H and O–H groups in total. The summed E-state index contributed by atoms with van der Waals surface area (Å²) in [6.45, 7) is 7.66. The van der Waals surface area contributed by atoms with E-state index in [1.165, 1.54) is 19.3 Å². The zero-order valence-corrected chi connectivity index (χ0v) is 28.6. The Bertz CT molecular complexity index is 1320. The maximum Gasteiger partial charge on any atom is 0.408 e. The minimum Gasteiger partial charge on any atom is -0.445 e. The number of benzene rings is 2. The second-order valence-electron chi connectivity index (χ2n) is 13.6. The van der Waals surface area contributed by atoms with Crippen molar-refractivity contribution >= 4 is 24.0 Å². The SMILES string of the molecule is CC(C)[C@H](NC(=O)OCc1ccccc1)C(=O)NC1O[C@H]1C[C@H](CC1CCCCC1)NC(=O)[C@@H](NC(=O)OCc1ccccc1)C(C)C. The van der Waals surface area contributed by atoms with E-state index < -0.39 is 30.5 Å². The smallest absolute Gasteiger partial charge is 0.408 e. The van der Waals surface area contributed by atoms with Gasteiger partial charge in [0, 0.05) is 6.04 Å². The number of nitrogens with one attached hydrogen (secondary N) is 4. The quantitative estimate of drug-likeness (QED) is 0.172. The van der Waals surface area contributed by atoms with Crippen molar-refractivity contribution in [2.75, 3.05) is 0 Å². The summed E-state index contributed by atoms with van der Waals surface area (Å²) in [4.78, 5) is 51.9. The van der Waals surface area contributed by atoms with Gasteiger partial charge in [-0.25, -0.2) is 9.59 Å². The van der Waals surface area contributed by atoms with Gasteiger partial charge in [-0.1, -0.05) is 120 Å². The molecule has 2 aromatic carbocycles. The van der Waals surface area contributed by atoms with Crippen LogP contribution < -0.4 is 21.3 Å². The Morgan fingerprint density at radius 1 is 0.688 bits per heavy atom. The minimum atomic E-state index is -0.810. The third kappa shape index (κ3) is 12.2. The molecular weight excluding hydrogens is 612 g/mol. The summed E-state index contributed by atoms with van der Waals surface area (Å²) < 4.78 is 16.6. The highest BCUT2D eigenvalue weighted by molar-refractivity contribution is 5.87. The van der Waals surface area contributed by atoms with Gasteiger partial charge in [-0.05, 0) is 41.7 Å². The Hall–Kier alpha value is -4.12. The Morgan fingerprint density at radius 3 is 1.69 bits per heavy atom. The van der Waals surface area contributed by atoms with E-state index in [4.69, 9.17) is 14.2 Å². The van der Waals surface area contributed by atoms with E-state index in [1.807, 2.05) is 88.4 Å². The number of hydrogen-bond donors (Lipinski definition) is 4. The van der Waals surface area contributed by atoms with Crippen LogP contribution >= 0.6 is 0 Å². The first-order valence-corrected chi connectivity index (χ1v) is 17.3. The summed E-state index contributed by atoms with van der Waals surface area (Å²) in [5, 5.41) is 11.5. The summed E-state index contributed by atoms with van der Waals surface area (Å²) in [6, 6.07) is 16.9. The van der Waals surface area contributed by atoms with Crippen LogP contribution in [0.1, 0.15) is 83.8 Å². The van der Waals surface area contributed by atoms with Crippen LogP contribution in [0.25, 0.3) is 0 Å². The van der Waals surface area contributed by atoms with E-state index >= 15 is 0 Å². The fraction of sp³-hybridized carbons (Fsp3) is 0.568. The molecule has 1 heterocycles. The molecule has 4 rings (SSSR count). The molecule has 4 amide bonds. The lowest BCUT2D eigenvalue weighted by Gasteiger charge is -2.29. The van der Waals surface area contributed by atoms with Crippen LogP contribution in [0, 0.1) is 17.8 Å². The summed E-state index contributed by atoms with van der Waals surface area (Å²) in [7, 11) is 0. The number of carbonyl (C=O) groups is 4. The summed E-state index contributed by atoms with van der Waals surface area (Å²) in [5.41, 5.74) is 1.70. The van der Waals surface area contributed by atoms with Gasteiger partial charge in [0.15, 0.2) is 6.23 Å². The van der Waals surface area contributed by atoms with Crippen LogP contribution in [0.5, 0.6) is 0 Å². The van der Waals surface area contributed by atoms with Crippen molar-refractivity contribution in [3.8, 4) is 0 Å². The highest BCUT2D eigenvalue weighted by atomic mass is 16.6. The van der Waals surface area contributed by atoms with Gasteiger partial charge < -0.3 is 35.5 Å². The molecule has 1 saturated heterocycles. The first-order valence-electron chi connectivity index (χ1n) is 17.3. The standard InChI is InChI=1S/C37H52N4O7/c1-24(2)31(39-36(44)46-22-27-16-10-6-11-17-27)33(42)38-29(20-26-14-8-5-9-15-26)21-30-35(48-30)41-34(43)32(25(3)4)40-37(45)47-23-28-18-12-7-13-19-28/h6-7,10-13,16-19,24-26,29-32,35H,5,8-9,14-15,20-23H2,1-4H3,(H,38,42)(H,39,44)(H,40,45)(H,41,43)/t29-,30-,31-,32-,35?/m0/s1. The van der Waals surface area contributed by atoms with Crippen LogP contribution in [0.4, 0.5) is 9.59 Å². The Labute approximate surface area is 284 Å². The van der Waals surface area contributed by atoms with E-state index in [9.17, 15) is 19.2 Å². The number of alkyl carbamates (subject to hydrolysis) is 2. The molecule has 1 unspecified atom stereocenters. The van der Waals surface area contributed by atoms with Crippen molar-refractivity contribution < 1.29 is 33.4 Å². The number of rotatable bonds is 16. The van der Waals surface area contributed by atoms with Crippen LogP contribution in [0.2, 0.25) is 0 Å². The molecule has 2 aliphatic rings. The maximum absolute atomic E-state index is 13.6. The lowest BCUT2D eigenvalue weighted by atomic mass is 9.83. The fourth-order valence-corrected chi connectivity index (χ4v) is 6.14. The second-order valence-corrected chi connectivity index (χ2v) is 13.6. The third-order valence-electron chi connectivity index (χ3n) is 8.94. The minimum absolute atomic E-state index is 0.100. The Kier molecular flexibility index (Phi) is 14.1. The molecule has 262 valence electrons. The largest absolute Gasteiger partial charge is 0.445 e. The van der Waals surface area contributed by atoms with Crippen LogP contribution in [0.15, 0.2) is 60.7 Å². The predicted octanol–water partition coefficient (Wildman–Crippen LogP) is 5.57. The van der Waals surface area contributed by atoms with Gasteiger partial charge in [0.1, 0.15) is 31.4 Å². The zero-order chi connectivity index (χ0) is 34.5. The van der Waals surface area contributed by atoms with Crippen molar-refractivity contribution in [3.05, 3.63) is 71.8 Å². The van der Waals surface area contributed by atoms with Crippen molar-refractivity contribution in [1.82, 2.24) is 21.3 Å². The zero-order valence-electron chi connectivity index (χ0n) is 28.6. The van der Waals surface area contributed by atoms with Gasteiger partial charge in [0.05, 0.1) is 0 Å². The first-order chi connectivity index (χ1) is 23.1. The average molecular weight is 665 g/mol.